The molecule has 2 aromatic rings. The molecule has 0 spiro atoms. The number of halogens is 1. The van der Waals surface area contributed by atoms with Crippen molar-refractivity contribution in [3.63, 3.8) is 0 Å². The summed E-state index contributed by atoms with van der Waals surface area (Å²) in [7, 11) is 0. The summed E-state index contributed by atoms with van der Waals surface area (Å²) in [6.45, 7) is 4.98. The van der Waals surface area contributed by atoms with E-state index in [9.17, 15) is 0 Å². The van der Waals surface area contributed by atoms with Crippen molar-refractivity contribution in [3.8, 4) is 0 Å². The second-order valence-electron chi connectivity index (χ2n) is 3.39. The van der Waals surface area contributed by atoms with E-state index in [1.807, 2.05) is 19.9 Å². The Morgan fingerprint density at radius 3 is 2.71 bits per heavy atom. The number of pyridine rings is 1. The Labute approximate surface area is 108 Å². The van der Waals surface area contributed by atoms with Gasteiger partial charge < -0.3 is 14.5 Å². The van der Waals surface area contributed by atoms with Gasteiger partial charge in [0.15, 0.2) is 11.5 Å². The van der Waals surface area contributed by atoms with E-state index in [1.165, 1.54) is 0 Å². The molecule has 6 heteroatoms. The van der Waals surface area contributed by atoms with Crippen LogP contribution in [-0.4, -0.2) is 28.2 Å². The number of aromatic amines is 1. The lowest BCUT2D eigenvalue weighted by atomic mass is 10.4. The molecule has 0 fully saturated rings. The smallest absolute Gasteiger partial charge is 0.217 e. The Morgan fingerprint density at radius 1 is 1.35 bits per heavy atom. The van der Waals surface area contributed by atoms with Crippen LogP contribution in [0.1, 0.15) is 26.0 Å². The molecular formula is C11H14BrN3O2. The first kappa shape index (κ1) is 12.5. The second-order valence-corrected chi connectivity index (χ2v) is 4.31. The number of hydrogen-bond acceptors (Lipinski definition) is 4. The van der Waals surface area contributed by atoms with Crippen LogP contribution in [0.15, 0.2) is 16.7 Å². The van der Waals surface area contributed by atoms with Crippen LogP contribution in [0.4, 0.5) is 0 Å². The normalized spacial score (nSPS) is 11.5. The van der Waals surface area contributed by atoms with Crippen molar-refractivity contribution in [2.75, 3.05) is 13.2 Å². The van der Waals surface area contributed by atoms with Crippen LogP contribution in [0, 0.1) is 0 Å². The van der Waals surface area contributed by atoms with Crippen LogP contribution < -0.4 is 0 Å². The maximum absolute atomic E-state index is 5.47. The van der Waals surface area contributed by atoms with E-state index in [-0.39, 0.29) is 0 Å². The van der Waals surface area contributed by atoms with Gasteiger partial charge in [0, 0.05) is 23.9 Å². The highest BCUT2D eigenvalue weighted by Gasteiger charge is 2.16. The molecule has 0 atom stereocenters. The van der Waals surface area contributed by atoms with Gasteiger partial charge in [-0.25, -0.2) is 9.97 Å². The number of ether oxygens (including phenoxy) is 2. The lowest BCUT2D eigenvalue weighted by molar-refractivity contribution is -0.144. The fraction of sp³-hybridized carbons (Fsp3) is 0.455. The Balaban J connectivity index is 2.33. The molecule has 2 heterocycles. The van der Waals surface area contributed by atoms with Crippen molar-refractivity contribution < 1.29 is 9.47 Å². The Hall–Kier alpha value is -0.980. The van der Waals surface area contributed by atoms with Gasteiger partial charge in [-0.1, -0.05) is 0 Å². The van der Waals surface area contributed by atoms with Crippen LogP contribution in [0.5, 0.6) is 0 Å². The maximum Gasteiger partial charge on any atom is 0.217 e. The van der Waals surface area contributed by atoms with Gasteiger partial charge in [0.05, 0.1) is 5.52 Å². The van der Waals surface area contributed by atoms with Crippen LogP contribution in [0.3, 0.4) is 0 Å². The molecule has 0 aromatic carbocycles. The minimum Gasteiger partial charge on any atom is -0.346 e. The minimum atomic E-state index is -0.460. The number of imidazole rings is 1. The van der Waals surface area contributed by atoms with Gasteiger partial charge in [-0.15, -0.1) is 0 Å². The quantitative estimate of drug-likeness (QED) is 0.863. The van der Waals surface area contributed by atoms with Crippen molar-refractivity contribution in [1.29, 1.82) is 0 Å². The molecule has 0 radical (unpaired) electrons. The molecule has 0 saturated carbocycles. The average Bonchev–Trinajstić information content (AvgIpc) is 2.71. The van der Waals surface area contributed by atoms with E-state index in [4.69, 9.17) is 9.47 Å². The van der Waals surface area contributed by atoms with E-state index in [0.717, 1.165) is 9.99 Å². The van der Waals surface area contributed by atoms with Crippen LogP contribution in [0.2, 0.25) is 0 Å². The highest BCUT2D eigenvalue weighted by Crippen LogP contribution is 2.20. The molecule has 1 N–H and O–H groups in total. The van der Waals surface area contributed by atoms with E-state index in [1.54, 1.807) is 6.20 Å². The number of H-pyrrole nitrogens is 1. The summed E-state index contributed by atoms with van der Waals surface area (Å²) in [5.74, 6) is 0.648. The molecule has 0 aliphatic heterocycles. The molecule has 0 aliphatic rings. The predicted octanol–water partition coefficient (Wildman–Crippen LogP) is 2.79. The van der Waals surface area contributed by atoms with Crippen molar-refractivity contribution in [1.82, 2.24) is 15.0 Å². The van der Waals surface area contributed by atoms with E-state index < -0.39 is 6.29 Å². The lowest BCUT2D eigenvalue weighted by Gasteiger charge is -2.13. The summed E-state index contributed by atoms with van der Waals surface area (Å²) < 4.78 is 11.9. The molecule has 0 unspecified atom stereocenters. The Bertz CT molecular complexity index is 494. The maximum atomic E-state index is 5.47. The fourth-order valence-corrected chi connectivity index (χ4v) is 1.84. The summed E-state index contributed by atoms with van der Waals surface area (Å²) in [5.41, 5.74) is 1.52. The first-order valence-electron chi connectivity index (χ1n) is 5.49. The van der Waals surface area contributed by atoms with E-state index >= 15 is 0 Å². The number of nitrogens with one attached hydrogen (secondary N) is 1. The number of rotatable bonds is 5. The van der Waals surface area contributed by atoms with Gasteiger partial charge in [-0.3, -0.25) is 0 Å². The molecule has 2 rings (SSSR count). The molecule has 5 nitrogen and oxygen atoms in total. The molecule has 0 aliphatic carbocycles. The Morgan fingerprint density at radius 2 is 2.06 bits per heavy atom. The second kappa shape index (κ2) is 5.57. The first-order chi connectivity index (χ1) is 8.24. The molecule has 0 bridgehead atoms. The van der Waals surface area contributed by atoms with Crippen molar-refractivity contribution in [2.45, 2.75) is 20.1 Å². The highest BCUT2D eigenvalue weighted by molar-refractivity contribution is 9.10. The van der Waals surface area contributed by atoms with E-state index in [2.05, 4.69) is 30.9 Å². The average molecular weight is 300 g/mol. The molecule has 0 amide bonds. The van der Waals surface area contributed by atoms with Gasteiger partial charge in [0.2, 0.25) is 6.29 Å². The highest BCUT2D eigenvalue weighted by atomic mass is 79.9. The predicted molar refractivity (Wildman–Crippen MR) is 67.6 cm³/mol. The largest absolute Gasteiger partial charge is 0.346 e. The summed E-state index contributed by atoms with van der Waals surface area (Å²) in [6.07, 6.45) is 1.25. The molecule has 0 saturated heterocycles. The third kappa shape index (κ3) is 2.83. The van der Waals surface area contributed by atoms with Crippen LogP contribution >= 0.6 is 15.9 Å². The number of fused-ring (bicyclic) bond motifs is 1. The summed E-state index contributed by atoms with van der Waals surface area (Å²) >= 11 is 3.37. The van der Waals surface area contributed by atoms with Gasteiger partial charge in [0.1, 0.15) is 0 Å². The zero-order valence-corrected chi connectivity index (χ0v) is 11.3. The monoisotopic (exact) mass is 299 g/mol. The van der Waals surface area contributed by atoms with Gasteiger partial charge >= 0.3 is 0 Å². The van der Waals surface area contributed by atoms with Gasteiger partial charge in [0.25, 0.3) is 0 Å². The topological polar surface area (TPSA) is 60.0 Å². The van der Waals surface area contributed by atoms with Crippen LogP contribution in [0.25, 0.3) is 11.2 Å². The lowest BCUT2D eigenvalue weighted by Crippen LogP contribution is -2.10. The number of hydrogen-bond donors (Lipinski definition) is 1. The third-order valence-corrected chi connectivity index (χ3v) is 2.62. The zero-order chi connectivity index (χ0) is 12.3. The van der Waals surface area contributed by atoms with Gasteiger partial charge in [-0.05, 0) is 35.8 Å². The number of nitrogens with zero attached hydrogens (tertiary/aromatic N) is 2. The summed E-state index contributed by atoms with van der Waals surface area (Å²) in [5, 5.41) is 0. The zero-order valence-electron chi connectivity index (χ0n) is 9.74. The molecule has 92 valence electrons. The van der Waals surface area contributed by atoms with E-state index in [0.29, 0.717) is 24.7 Å². The summed E-state index contributed by atoms with van der Waals surface area (Å²) in [6, 6.07) is 1.92. The van der Waals surface area contributed by atoms with Crippen molar-refractivity contribution >= 4 is 27.1 Å². The fourth-order valence-electron chi connectivity index (χ4n) is 1.51. The summed E-state index contributed by atoms with van der Waals surface area (Å²) in [4.78, 5) is 11.7. The molecule has 17 heavy (non-hydrogen) atoms. The molecular weight excluding hydrogens is 286 g/mol. The van der Waals surface area contributed by atoms with Crippen molar-refractivity contribution in [3.05, 3.63) is 22.6 Å². The third-order valence-electron chi connectivity index (χ3n) is 2.18. The molecule has 2 aromatic heterocycles. The standard InChI is InChI=1S/C11H14BrN3O2/c1-3-16-11(17-4-2)10-14-8-5-7(12)6-13-9(8)15-10/h5-6,11H,3-4H2,1-2H3,(H,13,14,15). The number of aromatic nitrogens is 3. The van der Waals surface area contributed by atoms with Gasteiger partial charge in [-0.2, -0.15) is 0 Å². The minimum absolute atomic E-state index is 0.460. The first-order valence-corrected chi connectivity index (χ1v) is 6.28. The van der Waals surface area contributed by atoms with Crippen molar-refractivity contribution in [2.24, 2.45) is 0 Å². The SMILES string of the molecule is CCOC(OCC)c1nc2ncc(Br)cc2[nH]1. The Kier molecular flexibility index (Phi) is 4.09. The van der Waals surface area contributed by atoms with Crippen LogP contribution in [-0.2, 0) is 9.47 Å².